The van der Waals surface area contributed by atoms with Crippen molar-refractivity contribution < 1.29 is 42.9 Å². The quantitative estimate of drug-likeness (QED) is 0.0887. The van der Waals surface area contributed by atoms with Gasteiger partial charge in [-0.15, -0.1) is 5.10 Å². The summed E-state index contributed by atoms with van der Waals surface area (Å²) in [4.78, 5) is 54.5. The van der Waals surface area contributed by atoms with Crippen molar-refractivity contribution in [2.45, 2.75) is 52.2 Å². The number of hydrogen-bond acceptors (Lipinski definition) is 11. The molecule has 3 heterocycles. The number of aryl methyl sites for hydroxylation is 1. The van der Waals surface area contributed by atoms with Crippen LogP contribution in [0.1, 0.15) is 74.1 Å². The standard InChI is InChI=1S/C44H43FN8O8/c1-26(54)22-44(3)33-21-40(61-30-13-14-31(43(57)58)34(45)20-30)39(19-28(33)15-16-47-44)60-18-17-52-24-29(50-51-52)23-46-42(56)36-25-53(27(2)48-36)37-11-7-6-10-35(37)49-41(55)32-9-5-8-12-38(32)59-4/h5-14,19-21,24-25,47H,15-18,22-23H2,1-4H3,(H,46,56)(H,49,55)(H,57,58)/t44-/m1/s1. The molecule has 0 saturated heterocycles. The van der Waals surface area contributed by atoms with Crippen LogP contribution in [0, 0.1) is 12.7 Å². The number of nitrogens with one attached hydrogen (secondary N) is 3. The number of Topliss-reactive ketones (excluding diaryl/α,β-unsaturated/α-hetero) is 1. The third kappa shape index (κ3) is 9.42. The summed E-state index contributed by atoms with van der Waals surface area (Å²) in [7, 11) is 1.50. The number of aromatic carboxylic acids is 1. The summed E-state index contributed by atoms with van der Waals surface area (Å²) in [6, 6.07) is 21.2. The normalized spacial score (nSPS) is 14.4. The van der Waals surface area contributed by atoms with Crippen LogP contribution < -0.4 is 30.2 Å². The molecular formula is C44H43FN8O8. The number of ketones is 1. The highest BCUT2D eigenvalue weighted by Crippen LogP contribution is 2.41. The second-order valence-corrected chi connectivity index (χ2v) is 14.6. The Labute approximate surface area is 349 Å². The van der Waals surface area contributed by atoms with Gasteiger partial charge in [0.25, 0.3) is 11.8 Å². The van der Waals surface area contributed by atoms with Crippen LogP contribution in [0.3, 0.4) is 0 Å². The molecule has 0 fully saturated rings. The van der Waals surface area contributed by atoms with Crippen molar-refractivity contribution >= 4 is 29.3 Å². The smallest absolute Gasteiger partial charge is 0.338 e. The number of carbonyl (C=O) groups is 4. The van der Waals surface area contributed by atoms with Gasteiger partial charge in [-0.2, -0.15) is 0 Å². The topological polar surface area (TPSA) is 201 Å². The molecular weight excluding hydrogens is 788 g/mol. The number of amides is 2. The summed E-state index contributed by atoms with van der Waals surface area (Å²) in [5.41, 5.74) is 2.75. The van der Waals surface area contributed by atoms with Crippen LogP contribution in [0.5, 0.6) is 23.0 Å². The molecule has 0 unspecified atom stereocenters. The number of carboxylic acids is 1. The summed E-state index contributed by atoms with van der Waals surface area (Å²) in [6.07, 6.45) is 4.16. The number of halogens is 1. The lowest BCUT2D eigenvalue weighted by molar-refractivity contribution is -0.118. The first-order chi connectivity index (χ1) is 29.3. The fraction of sp³-hybridized carbons (Fsp3) is 0.250. The van der Waals surface area contributed by atoms with Crippen LogP contribution in [0.15, 0.2) is 91.3 Å². The number of nitrogens with zero attached hydrogens (tertiary/aromatic N) is 5. The number of carboxylic acid groups (broad SMARTS) is 1. The Morgan fingerprint density at radius 1 is 0.951 bits per heavy atom. The summed E-state index contributed by atoms with van der Waals surface area (Å²) >= 11 is 0. The Kier molecular flexibility index (Phi) is 12.2. The number of imidazole rings is 1. The van der Waals surface area contributed by atoms with Gasteiger partial charge in [0.05, 0.1) is 48.9 Å². The highest BCUT2D eigenvalue weighted by atomic mass is 19.1. The first kappa shape index (κ1) is 41.7. The van der Waals surface area contributed by atoms with Gasteiger partial charge in [0.2, 0.25) is 0 Å². The van der Waals surface area contributed by atoms with Crippen molar-refractivity contribution in [3.05, 3.63) is 137 Å². The summed E-state index contributed by atoms with van der Waals surface area (Å²) in [5, 5.41) is 26.8. The Morgan fingerprint density at radius 3 is 2.51 bits per heavy atom. The molecule has 4 aromatic carbocycles. The van der Waals surface area contributed by atoms with Gasteiger partial charge in [-0.1, -0.05) is 29.5 Å². The lowest BCUT2D eigenvalue weighted by Crippen LogP contribution is -2.46. The van der Waals surface area contributed by atoms with E-state index in [1.54, 1.807) is 71.0 Å². The van der Waals surface area contributed by atoms with Gasteiger partial charge in [-0.3, -0.25) is 14.4 Å². The van der Waals surface area contributed by atoms with E-state index in [4.69, 9.17) is 14.2 Å². The second kappa shape index (κ2) is 17.8. The van der Waals surface area contributed by atoms with E-state index >= 15 is 0 Å². The molecule has 2 aromatic heterocycles. The Hall–Kier alpha value is -7.40. The number of benzene rings is 4. The van der Waals surface area contributed by atoms with Crippen molar-refractivity contribution in [2.75, 3.05) is 25.6 Å². The van der Waals surface area contributed by atoms with E-state index in [-0.39, 0.29) is 55.0 Å². The Balaban J connectivity index is 1.00. The number of ether oxygens (including phenoxy) is 3. The molecule has 4 N–H and O–H groups in total. The molecule has 17 heteroatoms. The van der Waals surface area contributed by atoms with Crippen molar-refractivity contribution in [3.63, 3.8) is 0 Å². The molecule has 7 rings (SSSR count). The second-order valence-electron chi connectivity index (χ2n) is 14.6. The number of para-hydroxylation sites is 3. The van der Waals surface area contributed by atoms with E-state index in [1.807, 2.05) is 25.1 Å². The molecule has 1 aliphatic rings. The summed E-state index contributed by atoms with van der Waals surface area (Å²) < 4.78 is 35.5. The molecule has 6 aromatic rings. The molecule has 0 spiro atoms. The molecule has 0 saturated carbocycles. The maximum atomic E-state index is 14.6. The van der Waals surface area contributed by atoms with E-state index in [1.165, 1.54) is 20.1 Å². The SMILES string of the molecule is COc1ccccc1C(=O)Nc1ccccc1-n1cc(C(=O)NCc2cn(CCOc3cc4c(cc3Oc3ccc(C(=O)O)c(F)c3)[C@@](C)(CC(C)=O)NCC4)nn2)nc1C. The lowest BCUT2D eigenvalue weighted by atomic mass is 9.80. The minimum atomic E-state index is -1.40. The molecule has 2 amide bonds. The number of carbonyl (C=O) groups excluding carboxylic acids is 3. The number of hydrogen-bond donors (Lipinski definition) is 4. The van der Waals surface area contributed by atoms with E-state index < -0.39 is 28.8 Å². The van der Waals surface area contributed by atoms with Crippen LogP contribution in [-0.2, 0) is 29.8 Å². The number of methoxy groups -OCH3 is 1. The van der Waals surface area contributed by atoms with E-state index in [9.17, 15) is 28.7 Å². The van der Waals surface area contributed by atoms with Crippen LogP contribution in [-0.4, -0.2) is 73.5 Å². The predicted molar refractivity (Wildman–Crippen MR) is 220 cm³/mol. The van der Waals surface area contributed by atoms with Gasteiger partial charge < -0.3 is 39.8 Å². The van der Waals surface area contributed by atoms with Crippen LogP contribution >= 0.6 is 0 Å². The molecule has 16 nitrogen and oxygen atoms in total. The molecule has 1 aliphatic heterocycles. The number of rotatable bonds is 16. The molecule has 0 radical (unpaired) electrons. The highest BCUT2D eigenvalue weighted by Gasteiger charge is 2.34. The summed E-state index contributed by atoms with van der Waals surface area (Å²) in [5.74, 6) is -1.52. The molecule has 0 aliphatic carbocycles. The minimum Gasteiger partial charge on any atom is -0.496 e. The van der Waals surface area contributed by atoms with Gasteiger partial charge >= 0.3 is 5.97 Å². The van der Waals surface area contributed by atoms with Gasteiger partial charge in [-0.05, 0) is 86.8 Å². The number of fused-ring (bicyclic) bond motifs is 1. The summed E-state index contributed by atoms with van der Waals surface area (Å²) in [6.45, 7) is 6.30. The third-order valence-electron chi connectivity index (χ3n) is 10.1. The van der Waals surface area contributed by atoms with Gasteiger partial charge in [0.1, 0.15) is 46.9 Å². The highest BCUT2D eigenvalue weighted by molar-refractivity contribution is 6.07. The van der Waals surface area contributed by atoms with E-state index in [0.717, 1.165) is 23.3 Å². The first-order valence-electron chi connectivity index (χ1n) is 19.3. The molecule has 314 valence electrons. The molecule has 61 heavy (non-hydrogen) atoms. The zero-order valence-electron chi connectivity index (χ0n) is 33.8. The predicted octanol–water partition coefficient (Wildman–Crippen LogP) is 6.01. The van der Waals surface area contributed by atoms with Crippen molar-refractivity contribution in [2.24, 2.45) is 0 Å². The van der Waals surface area contributed by atoms with Gasteiger partial charge in [-0.25, -0.2) is 18.9 Å². The Bertz CT molecular complexity index is 2640. The molecule has 0 bridgehead atoms. The van der Waals surface area contributed by atoms with Crippen LogP contribution in [0.2, 0.25) is 0 Å². The maximum Gasteiger partial charge on any atom is 0.338 e. The van der Waals surface area contributed by atoms with E-state index in [0.29, 0.717) is 52.9 Å². The third-order valence-corrected chi connectivity index (χ3v) is 10.1. The molecule has 1 atom stereocenters. The zero-order chi connectivity index (χ0) is 43.3. The maximum absolute atomic E-state index is 14.6. The first-order valence-corrected chi connectivity index (χ1v) is 19.3. The van der Waals surface area contributed by atoms with Crippen LogP contribution in [0.4, 0.5) is 10.1 Å². The Morgan fingerprint density at radius 2 is 1.74 bits per heavy atom. The average molecular weight is 831 g/mol. The average Bonchev–Trinajstić information content (AvgIpc) is 3.86. The van der Waals surface area contributed by atoms with Crippen LogP contribution in [0.25, 0.3) is 5.69 Å². The van der Waals surface area contributed by atoms with E-state index in [2.05, 4.69) is 31.2 Å². The van der Waals surface area contributed by atoms with Gasteiger partial charge in [0.15, 0.2) is 11.5 Å². The van der Waals surface area contributed by atoms with Crippen molar-refractivity contribution in [1.82, 2.24) is 35.2 Å². The van der Waals surface area contributed by atoms with Crippen molar-refractivity contribution in [1.29, 1.82) is 0 Å². The lowest BCUT2D eigenvalue weighted by Gasteiger charge is -2.37. The monoisotopic (exact) mass is 830 g/mol. The number of anilines is 1. The van der Waals surface area contributed by atoms with Crippen molar-refractivity contribution in [3.8, 4) is 28.7 Å². The minimum absolute atomic E-state index is 0.000991. The number of aromatic nitrogens is 5. The van der Waals surface area contributed by atoms with Gasteiger partial charge in [0, 0.05) is 30.8 Å². The fourth-order valence-electron chi connectivity index (χ4n) is 7.28. The fourth-order valence-corrected chi connectivity index (χ4v) is 7.28. The largest absolute Gasteiger partial charge is 0.496 e. The zero-order valence-corrected chi connectivity index (χ0v) is 33.8.